The lowest BCUT2D eigenvalue weighted by atomic mass is 10.1. The maximum atomic E-state index is 13.3. The average molecular weight is 396 g/mol. The molecule has 1 fully saturated rings. The fraction of sp³-hybridized carbons (Fsp3) is 0.429. The first kappa shape index (κ1) is 17.1. The zero-order valence-electron chi connectivity index (χ0n) is 11.7. The molecule has 0 aliphatic carbocycles. The van der Waals surface area contributed by atoms with Crippen molar-refractivity contribution in [2.24, 2.45) is 0 Å². The van der Waals surface area contributed by atoms with Gasteiger partial charge in [0, 0.05) is 20.0 Å². The molecule has 4 nitrogen and oxygen atoms in total. The van der Waals surface area contributed by atoms with Gasteiger partial charge in [0.25, 0.3) is 0 Å². The number of benzene rings is 1. The number of alkyl halides is 3. The van der Waals surface area contributed by atoms with Gasteiger partial charge in [-0.25, -0.2) is 0 Å². The van der Waals surface area contributed by atoms with E-state index in [2.05, 4.69) is 21.2 Å². The maximum Gasteiger partial charge on any atom is 0.328 e. The van der Waals surface area contributed by atoms with Crippen molar-refractivity contribution in [2.75, 3.05) is 7.05 Å². The van der Waals surface area contributed by atoms with Gasteiger partial charge in [-0.05, 0) is 27.9 Å². The van der Waals surface area contributed by atoms with Gasteiger partial charge >= 0.3 is 4.83 Å². The summed E-state index contributed by atoms with van der Waals surface area (Å²) in [5.41, 5.74) is 0.0349. The first-order valence-electron chi connectivity index (χ1n) is 6.59. The molecule has 1 saturated heterocycles. The van der Waals surface area contributed by atoms with E-state index in [-0.39, 0.29) is 28.9 Å². The van der Waals surface area contributed by atoms with Crippen LogP contribution in [-0.2, 0) is 21.0 Å². The second-order valence-corrected chi connectivity index (χ2v) is 6.43. The molecule has 120 valence electrons. The predicted molar refractivity (Wildman–Crippen MR) is 81.9 cm³/mol. The van der Waals surface area contributed by atoms with Crippen LogP contribution in [0.15, 0.2) is 18.2 Å². The van der Waals surface area contributed by atoms with E-state index in [1.165, 1.54) is 17.0 Å². The lowest BCUT2D eigenvalue weighted by Crippen LogP contribution is -2.42. The summed E-state index contributed by atoms with van der Waals surface area (Å²) in [6, 6.07) is 3.70. The third-order valence-corrected chi connectivity index (χ3v) is 4.51. The Hall–Kier alpha value is -1.21. The van der Waals surface area contributed by atoms with Gasteiger partial charge in [0.15, 0.2) is 0 Å². The zero-order chi connectivity index (χ0) is 16.5. The summed E-state index contributed by atoms with van der Waals surface area (Å²) < 4.78 is 26.7. The molecule has 0 aromatic heterocycles. The van der Waals surface area contributed by atoms with E-state index in [9.17, 15) is 18.4 Å². The highest BCUT2D eigenvalue weighted by Crippen LogP contribution is 2.39. The molecule has 1 aliphatic rings. The van der Waals surface area contributed by atoms with Gasteiger partial charge in [0.05, 0.1) is 10.6 Å². The van der Waals surface area contributed by atoms with Gasteiger partial charge in [0.1, 0.15) is 6.04 Å². The standard InChI is InChI=1S/C14H14BrClF2N2O2/c1-20-10(5-6-11(20)21)13(22)19-7-8-3-2-4-9(12(8)16)14(15,17)18/h2-4,10H,5-7H2,1H3,(H,19,22). The Morgan fingerprint density at radius 3 is 2.77 bits per heavy atom. The van der Waals surface area contributed by atoms with Crippen molar-refractivity contribution in [2.45, 2.75) is 30.3 Å². The van der Waals surface area contributed by atoms with Crippen molar-refractivity contribution < 1.29 is 18.4 Å². The Bertz CT molecular complexity index is 607. The SMILES string of the molecule is CN1C(=O)CCC1C(=O)NCc1cccc(C(F)(F)Br)c1Cl. The summed E-state index contributed by atoms with van der Waals surface area (Å²) in [6.07, 6.45) is 0.787. The van der Waals surface area contributed by atoms with Gasteiger partial charge in [-0.2, -0.15) is 8.78 Å². The monoisotopic (exact) mass is 394 g/mol. The van der Waals surface area contributed by atoms with E-state index in [0.717, 1.165) is 0 Å². The van der Waals surface area contributed by atoms with Crippen LogP contribution in [0, 0.1) is 0 Å². The van der Waals surface area contributed by atoms with Crippen LogP contribution in [0.5, 0.6) is 0 Å². The molecular formula is C14H14BrClF2N2O2. The van der Waals surface area contributed by atoms with Crippen LogP contribution in [-0.4, -0.2) is 29.8 Å². The van der Waals surface area contributed by atoms with E-state index < -0.39 is 10.9 Å². The van der Waals surface area contributed by atoms with E-state index in [4.69, 9.17) is 11.6 Å². The Labute approximate surface area is 139 Å². The molecule has 1 heterocycles. The van der Waals surface area contributed by atoms with Gasteiger partial charge < -0.3 is 10.2 Å². The zero-order valence-corrected chi connectivity index (χ0v) is 14.0. The smallest absolute Gasteiger partial charge is 0.328 e. The highest BCUT2D eigenvalue weighted by atomic mass is 79.9. The van der Waals surface area contributed by atoms with E-state index in [0.29, 0.717) is 18.4 Å². The van der Waals surface area contributed by atoms with Gasteiger partial charge in [0.2, 0.25) is 11.8 Å². The molecule has 1 aliphatic heterocycles. The second-order valence-electron chi connectivity index (χ2n) is 5.05. The molecule has 0 radical (unpaired) electrons. The Morgan fingerprint density at radius 1 is 1.55 bits per heavy atom. The fourth-order valence-corrected chi connectivity index (χ4v) is 3.10. The molecule has 2 rings (SSSR count). The Kier molecular flexibility index (Phi) is 5.07. The molecule has 0 bridgehead atoms. The van der Waals surface area contributed by atoms with Crippen LogP contribution in [0.25, 0.3) is 0 Å². The number of likely N-dealkylation sites (N-methyl/N-ethyl adjacent to an activating group) is 1. The topological polar surface area (TPSA) is 49.4 Å². The first-order valence-corrected chi connectivity index (χ1v) is 7.77. The Morgan fingerprint density at radius 2 is 2.23 bits per heavy atom. The van der Waals surface area contributed by atoms with Crippen molar-refractivity contribution >= 4 is 39.3 Å². The molecule has 0 spiro atoms. The molecule has 1 atom stereocenters. The van der Waals surface area contributed by atoms with E-state index >= 15 is 0 Å². The highest BCUT2D eigenvalue weighted by molar-refractivity contribution is 9.09. The third kappa shape index (κ3) is 3.57. The van der Waals surface area contributed by atoms with Crippen molar-refractivity contribution in [3.63, 3.8) is 0 Å². The maximum absolute atomic E-state index is 13.3. The third-order valence-electron chi connectivity index (χ3n) is 3.63. The van der Waals surface area contributed by atoms with Gasteiger partial charge in [-0.1, -0.05) is 29.8 Å². The van der Waals surface area contributed by atoms with Crippen LogP contribution < -0.4 is 5.32 Å². The van der Waals surface area contributed by atoms with Crippen LogP contribution in [0.4, 0.5) is 8.78 Å². The lowest BCUT2D eigenvalue weighted by molar-refractivity contribution is -0.133. The number of carbonyl (C=O) groups excluding carboxylic acids is 2. The molecule has 1 aromatic carbocycles. The largest absolute Gasteiger partial charge is 0.350 e. The molecular weight excluding hydrogens is 382 g/mol. The summed E-state index contributed by atoms with van der Waals surface area (Å²) in [5, 5.41) is 2.54. The normalized spacial score (nSPS) is 18.7. The minimum Gasteiger partial charge on any atom is -0.350 e. The first-order chi connectivity index (χ1) is 10.2. The summed E-state index contributed by atoms with van der Waals surface area (Å²) >= 11 is 8.23. The number of hydrogen-bond acceptors (Lipinski definition) is 2. The second kappa shape index (κ2) is 6.50. The van der Waals surface area contributed by atoms with Crippen LogP contribution in [0.2, 0.25) is 5.02 Å². The minimum atomic E-state index is -3.23. The highest BCUT2D eigenvalue weighted by Gasteiger charge is 2.33. The fourth-order valence-electron chi connectivity index (χ4n) is 2.35. The summed E-state index contributed by atoms with van der Waals surface area (Å²) in [4.78, 5) is 21.6. The van der Waals surface area contributed by atoms with E-state index in [1.54, 1.807) is 13.1 Å². The number of hydrogen-bond donors (Lipinski definition) is 1. The molecule has 1 N–H and O–H groups in total. The quantitative estimate of drug-likeness (QED) is 0.797. The number of carbonyl (C=O) groups is 2. The van der Waals surface area contributed by atoms with Crippen LogP contribution in [0.3, 0.4) is 0 Å². The summed E-state index contributed by atoms with van der Waals surface area (Å²) in [6.45, 7) is 0.0209. The molecule has 1 unspecified atom stereocenters. The molecule has 22 heavy (non-hydrogen) atoms. The summed E-state index contributed by atoms with van der Waals surface area (Å²) in [5.74, 6) is -0.403. The van der Waals surface area contributed by atoms with E-state index in [1.807, 2.05) is 0 Å². The lowest BCUT2D eigenvalue weighted by Gasteiger charge is -2.20. The number of nitrogens with one attached hydrogen (secondary N) is 1. The number of rotatable bonds is 4. The van der Waals surface area contributed by atoms with Crippen molar-refractivity contribution in [1.29, 1.82) is 0 Å². The minimum absolute atomic E-state index is 0.0209. The van der Waals surface area contributed by atoms with Crippen molar-refractivity contribution in [1.82, 2.24) is 10.2 Å². The molecule has 8 heteroatoms. The van der Waals surface area contributed by atoms with Crippen molar-refractivity contribution in [3.05, 3.63) is 34.3 Å². The predicted octanol–water partition coefficient (Wildman–Crippen LogP) is 3.02. The van der Waals surface area contributed by atoms with Crippen molar-refractivity contribution in [3.8, 4) is 0 Å². The number of nitrogens with zero attached hydrogens (tertiary/aromatic N) is 1. The number of amides is 2. The van der Waals surface area contributed by atoms with Gasteiger partial charge in [-0.15, -0.1) is 0 Å². The number of halogens is 4. The van der Waals surface area contributed by atoms with Gasteiger partial charge in [-0.3, -0.25) is 9.59 Å². The van der Waals surface area contributed by atoms with Crippen LogP contribution >= 0.6 is 27.5 Å². The summed E-state index contributed by atoms with van der Waals surface area (Å²) in [7, 11) is 1.57. The average Bonchev–Trinajstić information content (AvgIpc) is 2.76. The molecule has 2 amide bonds. The molecule has 1 aromatic rings. The Balaban J connectivity index is 2.06. The van der Waals surface area contributed by atoms with Crippen LogP contribution in [0.1, 0.15) is 24.0 Å². The number of likely N-dealkylation sites (tertiary alicyclic amines) is 1. The molecule has 0 saturated carbocycles.